The molecular weight excluding hydrogens is 260 g/mol. The Labute approximate surface area is 118 Å². The van der Waals surface area contributed by atoms with Crippen LogP contribution in [0.5, 0.6) is 0 Å². The molecule has 1 aliphatic carbocycles. The molecule has 0 bridgehead atoms. The van der Waals surface area contributed by atoms with Crippen molar-refractivity contribution in [3.8, 4) is 0 Å². The van der Waals surface area contributed by atoms with Crippen molar-refractivity contribution >= 4 is 17.3 Å². The van der Waals surface area contributed by atoms with Gasteiger partial charge in [-0.15, -0.1) is 11.3 Å². The number of carbonyl (C=O) groups is 1. The van der Waals surface area contributed by atoms with Crippen LogP contribution in [0.15, 0.2) is 5.38 Å². The minimum absolute atomic E-state index is 0.0540. The monoisotopic (exact) mass is 282 g/mol. The van der Waals surface area contributed by atoms with Crippen LogP contribution in [0.4, 0.5) is 0 Å². The Bertz CT molecular complexity index is 433. The molecule has 3 atom stereocenters. The molecule has 1 fully saturated rings. The minimum atomic E-state index is -0.286. The zero-order valence-electron chi connectivity index (χ0n) is 11.6. The van der Waals surface area contributed by atoms with Crippen LogP contribution in [0.3, 0.4) is 0 Å². The third-order valence-electron chi connectivity index (χ3n) is 3.94. The highest BCUT2D eigenvalue weighted by molar-refractivity contribution is 7.09. The average molecular weight is 282 g/mol. The van der Waals surface area contributed by atoms with E-state index in [4.69, 9.17) is 10.5 Å². The second kappa shape index (κ2) is 6.48. The molecule has 5 heteroatoms. The fourth-order valence-corrected chi connectivity index (χ4v) is 3.24. The molecule has 1 aromatic heterocycles. The number of aromatic nitrogens is 1. The number of carbonyl (C=O) groups excluding carboxylic acids is 1. The normalized spacial score (nSPS) is 27.2. The lowest BCUT2D eigenvalue weighted by Gasteiger charge is -2.31. The molecule has 1 heterocycles. The SMILES string of the molecule is CC1CCC(OC(=O)c2csc(CCN)n2)CC1C. The summed E-state index contributed by atoms with van der Waals surface area (Å²) in [6.07, 6.45) is 3.84. The maximum Gasteiger partial charge on any atom is 0.358 e. The van der Waals surface area contributed by atoms with Crippen LogP contribution in [0.1, 0.15) is 48.6 Å². The number of rotatable bonds is 4. The lowest BCUT2D eigenvalue weighted by molar-refractivity contribution is 0.00824. The Hall–Kier alpha value is -0.940. The van der Waals surface area contributed by atoms with Crippen LogP contribution in [-0.4, -0.2) is 23.6 Å². The summed E-state index contributed by atoms with van der Waals surface area (Å²) in [4.78, 5) is 16.3. The predicted octanol–water partition coefficient (Wildman–Crippen LogP) is 2.63. The van der Waals surface area contributed by atoms with Gasteiger partial charge in [-0.2, -0.15) is 0 Å². The van der Waals surface area contributed by atoms with Gasteiger partial charge in [0.05, 0.1) is 5.01 Å². The number of ether oxygens (including phenoxy) is 1. The molecule has 0 radical (unpaired) electrons. The lowest BCUT2D eigenvalue weighted by Crippen LogP contribution is -2.28. The molecule has 0 aromatic carbocycles. The average Bonchev–Trinajstić information content (AvgIpc) is 2.83. The molecule has 1 aromatic rings. The van der Waals surface area contributed by atoms with E-state index < -0.39 is 0 Å². The van der Waals surface area contributed by atoms with Crippen LogP contribution in [0.25, 0.3) is 0 Å². The number of nitrogens with two attached hydrogens (primary N) is 1. The summed E-state index contributed by atoms with van der Waals surface area (Å²) >= 11 is 1.47. The zero-order valence-corrected chi connectivity index (χ0v) is 12.4. The Balaban J connectivity index is 1.89. The predicted molar refractivity (Wildman–Crippen MR) is 76.3 cm³/mol. The molecule has 19 heavy (non-hydrogen) atoms. The molecule has 2 rings (SSSR count). The Kier molecular flexibility index (Phi) is 4.93. The van der Waals surface area contributed by atoms with E-state index in [1.807, 2.05) is 0 Å². The van der Waals surface area contributed by atoms with E-state index in [-0.39, 0.29) is 12.1 Å². The summed E-state index contributed by atoms with van der Waals surface area (Å²) < 4.78 is 5.56. The summed E-state index contributed by atoms with van der Waals surface area (Å²) in [6, 6.07) is 0. The standard InChI is InChI=1S/C14H22N2O2S/c1-9-3-4-11(7-10(9)2)18-14(17)12-8-19-13(16-12)5-6-15/h8-11H,3-7,15H2,1-2H3. The van der Waals surface area contributed by atoms with Crippen molar-refractivity contribution in [3.63, 3.8) is 0 Å². The molecule has 2 N–H and O–H groups in total. The number of hydrogen-bond donors (Lipinski definition) is 1. The maximum atomic E-state index is 12.0. The van der Waals surface area contributed by atoms with Crippen molar-refractivity contribution in [2.75, 3.05) is 6.54 Å². The van der Waals surface area contributed by atoms with Gasteiger partial charge in [0, 0.05) is 11.8 Å². The van der Waals surface area contributed by atoms with Crippen molar-refractivity contribution in [3.05, 3.63) is 16.1 Å². The molecule has 1 saturated carbocycles. The number of hydrogen-bond acceptors (Lipinski definition) is 5. The molecule has 1 aliphatic rings. The van der Waals surface area contributed by atoms with E-state index >= 15 is 0 Å². The van der Waals surface area contributed by atoms with Crippen LogP contribution in [0.2, 0.25) is 0 Å². The molecule has 3 unspecified atom stereocenters. The summed E-state index contributed by atoms with van der Waals surface area (Å²) in [5.74, 6) is 1.06. The highest BCUT2D eigenvalue weighted by Gasteiger charge is 2.27. The van der Waals surface area contributed by atoms with E-state index in [1.54, 1.807) is 5.38 Å². The van der Waals surface area contributed by atoms with Crippen molar-refractivity contribution in [1.82, 2.24) is 4.98 Å². The highest BCUT2D eigenvalue weighted by atomic mass is 32.1. The number of thiazole rings is 1. The Morgan fingerprint density at radius 2 is 2.26 bits per heavy atom. The van der Waals surface area contributed by atoms with Gasteiger partial charge in [-0.05, 0) is 37.6 Å². The van der Waals surface area contributed by atoms with Gasteiger partial charge in [-0.1, -0.05) is 13.8 Å². The summed E-state index contributed by atoms with van der Waals surface area (Å²) in [7, 11) is 0. The molecule has 0 amide bonds. The Morgan fingerprint density at radius 1 is 1.47 bits per heavy atom. The van der Waals surface area contributed by atoms with Gasteiger partial charge in [0.2, 0.25) is 0 Å². The topological polar surface area (TPSA) is 65.2 Å². The molecule has 4 nitrogen and oxygen atoms in total. The first-order chi connectivity index (χ1) is 9.10. The quantitative estimate of drug-likeness (QED) is 0.862. The first kappa shape index (κ1) is 14.5. The van der Waals surface area contributed by atoms with E-state index in [0.29, 0.717) is 18.2 Å². The zero-order chi connectivity index (χ0) is 13.8. The van der Waals surface area contributed by atoms with Gasteiger partial charge in [-0.25, -0.2) is 9.78 Å². The molecule has 106 valence electrons. The van der Waals surface area contributed by atoms with E-state index in [1.165, 1.54) is 11.3 Å². The highest BCUT2D eigenvalue weighted by Crippen LogP contribution is 2.31. The van der Waals surface area contributed by atoms with E-state index in [0.717, 1.165) is 36.6 Å². The first-order valence-electron chi connectivity index (χ1n) is 6.95. The Morgan fingerprint density at radius 3 is 2.95 bits per heavy atom. The maximum absolute atomic E-state index is 12.0. The van der Waals surface area contributed by atoms with Crippen LogP contribution in [0, 0.1) is 11.8 Å². The smallest absolute Gasteiger partial charge is 0.358 e. The third-order valence-corrected chi connectivity index (χ3v) is 4.85. The second-order valence-electron chi connectivity index (χ2n) is 5.46. The summed E-state index contributed by atoms with van der Waals surface area (Å²) in [5.41, 5.74) is 5.90. The van der Waals surface area contributed by atoms with Crippen LogP contribution >= 0.6 is 11.3 Å². The second-order valence-corrected chi connectivity index (χ2v) is 6.40. The minimum Gasteiger partial charge on any atom is -0.458 e. The summed E-state index contributed by atoms with van der Waals surface area (Å²) in [6.45, 7) is 5.05. The van der Waals surface area contributed by atoms with E-state index in [9.17, 15) is 4.79 Å². The van der Waals surface area contributed by atoms with Gasteiger partial charge < -0.3 is 10.5 Å². The number of nitrogens with zero attached hydrogens (tertiary/aromatic N) is 1. The fraction of sp³-hybridized carbons (Fsp3) is 0.714. The third kappa shape index (κ3) is 3.76. The van der Waals surface area contributed by atoms with Gasteiger partial charge in [0.15, 0.2) is 5.69 Å². The molecule has 0 spiro atoms. The summed E-state index contributed by atoms with van der Waals surface area (Å²) in [5, 5.41) is 2.67. The molecule has 0 saturated heterocycles. The van der Waals surface area contributed by atoms with Gasteiger partial charge >= 0.3 is 5.97 Å². The fourth-order valence-electron chi connectivity index (χ4n) is 2.46. The largest absolute Gasteiger partial charge is 0.458 e. The first-order valence-corrected chi connectivity index (χ1v) is 7.83. The van der Waals surface area contributed by atoms with E-state index in [2.05, 4.69) is 18.8 Å². The van der Waals surface area contributed by atoms with Crippen molar-refractivity contribution in [2.24, 2.45) is 17.6 Å². The lowest BCUT2D eigenvalue weighted by atomic mass is 9.80. The van der Waals surface area contributed by atoms with Crippen LogP contribution < -0.4 is 5.73 Å². The number of esters is 1. The van der Waals surface area contributed by atoms with Gasteiger partial charge in [-0.3, -0.25) is 0 Å². The van der Waals surface area contributed by atoms with Crippen molar-refractivity contribution in [2.45, 2.75) is 45.6 Å². The van der Waals surface area contributed by atoms with Crippen molar-refractivity contribution in [1.29, 1.82) is 0 Å². The van der Waals surface area contributed by atoms with Gasteiger partial charge in [0.1, 0.15) is 6.10 Å². The molecule has 0 aliphatic heterocycles. The molecular formula is C14H22N2O2S. The van der Waals surface area contributed by atoms with Crippen LogP contribution in [-0.2, 0) is 11.2 Å². The van der Waals surface area contributed by atoms with Crippen molar-refractivity contribution < 1.29 is 9.53 Å². The van der Waals surface area contributed by atoms with Gasteiger partial charge in [0.25, 0.3) is 0 Å².